The van der Waals surface area contributed by atoms with Gasteiger partial charge in [-0.2, -0.15) is 0 Å². The third-order valence-corrected chi connectivity index (χ3v) is 4.83. The molecule has 3 rings (SSSR count). The first-order valence-electron chi connectivity index (χ1n) is 6.10. The molecule has 0 saturated carbocycles. The lowest BCUT2D eigenvalue weighted by Crippen LogP contribution is -2.28. The molecule has 1 N–H and O–H groups in total. The minimum absolute atomic E-state index is 0. The Balaban J connectivity index is 0.00000108. The van der Waals surface area contributed by atoms with E-state index in [1.165, 1.54) is 44.0 Å². The Morgan fingerprint density at radius 1 is 1.53 bits per heavy atom. The fraction of sp³-hybridized carbons (Fsp3) is 0.750. The topological polar surface area (TPSA) is 28.2 Å². The van der Waals surface area contributed by atoms with Crippen LogP contribution in [0.25, 0.3) is 0 Å². The number of hydrogen-bond acceptors (Lipinski definition) is 4. The van der Waals surface area contributed by atoms with Crippen molar-refractivity contribution in [2.24, 2.45) is 5.41 Å². The summed E-state index contributed by atoms with van der Waals surface area (Å²) in [7, 11) is 0. The second-order valence-electron chi connectivity index (χ2n) is 5.27. The van der Waals surface area contributed by atoms with E-state index in [0.29, 0.717) is 5.41 Å². The van der Waals surface area contributed by atoms with Gasteiger partial charge in [-0.15, -0.1) is 23.7 Å². The van der Waals surface area contributed by atoms with Gasteiger partial charge in [-0.05, 0) is 38.3 Å². The van der Waals surface area contributed by atoms with Crippen molar-refractivity contribution >= 4 is 23.7 Å². The maximum absolute atomic E-state index is 4.55. The van der Waals surface area contributed by atoms with Crippen molar-refractivity contribution in [1.29, 1.82) is 0 Å². The molecular weight excluding hydrogens is 254 g/mol. The molecule has 3 nitrogen and oxygen atoms in total. The Labute approximate surface area is 113 Å². The van der Waals surface area contributed by atoms with Crippen LogP contribution < -0.4 is 5.32 Å². The molecule has 2 aliphatic heterocycles. The largest absolute Gasteiger partial charge is 0.316 e. The van der Waals surface area contributed by atoms with Gasteiger partial charge < -0.3 is 5.32 Å². The first-order chi connectivity index (χ1) is 7.76. The lowest BCUT2D eigenvalue weighted by molar-refractivity contribution is 0.268. The predicted octanol–water partition coefficient (Wildman–Crippen LogP) is 2.06. The van der Waals surface area contributed by atoms with E-state index in [4.69, 9.17) is 0 Å². The number of nitrogens with zero attached hydrogens (tertiary/aromatic N) is 2. The number of hydrogen-bond donors (Lipinski definition) is 1. The van der Waals surface area contributed by atoms with Crippen LogP contribution in [0.15, 0.2) is 5.38 Å². The lowest BCUT2D eigenvalue weighted by atomic mass is 9.87. The van der Waals surface area contributed by atoms with E-state index in [0.717, 1.165) is 12.2 Å². The van der Waals surface area contributed by atoms with Gasteiger partial charge in [-0.3, -0.25) is 4.90 Å². The SMILES string of the molecule is Cc1csc(CN2CCC3(CCNC3)C2)n1.Cl. The molecule has 0 amide bonds. The van der Waals surface area contributed by atoms with Crippen molar-refractivity contribution in [3.05, 3.63) is 16.1 Å². The molecule has 1 unspecified atom stereocenters. The minimum atomic E-state index is 0. The van der Waals surface area contributed by atoms with E-state index >= 15 is 0 Å². The average molecular weight is 274 g/mol. The molecule has 1 aromatic heterocycles. The highest BCUT2D eigenvalue weighted by molar-refractivity contribution is 7.09. The summed E-state index contributed by atoms with van der Waals surface area (Å²) in [5.41, 5.74) is 1.75. The van der Waals surface area contributed by atoms with Crippen LogP contribution in [-0.4, -0.2) is 36.1 Å². The first-order valence-corrected chi connectivity index (χ1v) is 6.98. The second kappa shape index (κ2) is 5.22. The van der Waals surface area contributed by atoms with Crippen LogP contribution in [0.2, 0.25) is 0 Å². The summed E-state index contributed by atoms with van der Waals surface area (Å²) in [4.78, 5) is 7.13. The van der Waals surface area contributed by atoms with Crippen LogP contribution in [0.5, 0.6) is 0 Å². The van der Waals surface area contributed by atoms with Crippen LogP contribution in [0.1, 0.15) is 23.5 Å². The van der Waals surface area contributed by atoms with Gasteiger partial charge in [0.2, 0.25) is 0 Å². The van der Waals surface area contributed by atoms with Gasteiger partial charge in [0.05, 0.1) is 6.54 Å². The van der Waals surface area contributed by atoms with Gasteiger partial charge in [-0.25, -0.2) is 4.98 Å². The molecule has 1 spiro atoms. The Morgan fingerprint density at radius 2 is 2.41 bits per heavy atom. The molecule has 17 heavy (non-hydrogen) atoms. The summed E-state index contributed by atoms with van der Waals surface area (Å²) in [5.74, 6) is 0. The Morgan fingerprint density at radius 3 is 3.06 bits per heavy atom. The molecule has 2 saturated heterocycles. The van der Waals surface area contributed by atoms with Crippen molar-refractivity contribution < 1.29 is 0 Å². The number of rotatable bonds is 2. The van der Waals surface area contributed by atoms with E-state index < -0.39 is 0 Å². The van der Waals surface area contributed by atoms with Crippen molar-refractivity contribution in [2.75, 3.05) is 26.2 Å². The highest BCUT2D eigenvalue weighted by Gasteiger charge is 2.40. The highest BCUT2D eigenvalue weighted by Crippen LogP contribution is 2.36. The molecule has 1 atom stereocenters. The molecule has 2 fully saturated rings. The van der Waals surface area contributed by atoms with Crippen molar-refractivity contribution in [3.63, 3.8) is 0 Å². The normalized spacial score (nSPS) is 28.8. The molecule has 1 aromatic rings. The maximum Gasteiger partial charge on any atom is 0.107 e. The van der Waals surface area contributed by atoms with E-state index in [-0.39, 0.29) is 12.4 Å². The molecule has 5 heteroatoms. The standard InChI is InChI=1S/C12H19N3S.ClH/c1-10-7-16-11(14-10)6-15-5-3-12(9-15)2-4-13-8-12;/h7,13H,2-6,8-9H2,1H3;1H. The molecule has 0 bridgehead atoms. The Bertz CT molecular complexity index is 374. The number of nitrogens with one attached hydrogen (secondary N) is 1. The molecule has 2 aliphatic rings. The molecule has 0 radical (unpaired) electrons. The average Bonchev–Trinajstić information content (AvgIpc) is 2.94. The van der Waals surface area contributed by atoms with Crippen LogP contribution in [-0.2, 0) is 6.54 Å². The van der Waals surface area contributed by atoms with E-state index in [1.54, 1.807) is 11.3 Å². The molecule has 0 aromatic carbocycles. The van der Waals surface area contributed by atoms with E-state index in [2.05, 4.69) is 27.5 Å². The van der Waals surface area contributed by atoms with Gasteiger partial charge in [0, 0.05) is 24.2 Å². The number of likely N-dealkylation sites (tertiary alicyclic amines) is 1. The van der Waals surface area contributed by atoms with Gasteiger partial charge in [0.1, 0.15) is 5.01 Å². The van der Waals surface area contributed by atoms with E-state index in [9.17, 15) is 0 Å². The highest BCUT2D eigenvalue weighted by atomic mass is 35.5. The number of thiazole rings is 1. The van der Waals surface area contributed by atoms with E-state index in [1.807, 2.05) is 0 Å². The summed E-state index contributed by atoms with van der Waals surface area (Å²) < 4.78 is 0. The van der Waals surface area contributed by atoms with Gasteiger partial charge in [0.25, 0.3) is 0 Å². The monoisotopic (exact) mass is 273 g/mol. The van der Waals surface area contributed by atoms with Crippen LogP contribution in [0.3, 0.4) is 0 Å². The summed E-state index contributed by atoms with van der Waals surface area (Å²) >= 11 is 1.80. The molecule has 96 valence electrons. The number of halogens is 1. The smallest absolute Gasteiger partial charge is 0.107 e. The zero-order chi connectivity index (χ0) is 11.0. The Hall–Kier alpha value is -0.160. The predicted molar refractivity (Wildman–Crippen MR) is 73.9 cm³/mol. The fourth-order valence-corrected chi connectivity index (χ4v) is 3.79. The Kier molecular flexibility index (Phi) is 4.08. The summed E-state index contributed by atoms with van der Waals surface area (Å²) in [6.45, 7) is 8.08. The minimum Gasteiger partial charge on any atom is -0.316 e. The van der Waals surface area contributed by atoms with Crippen molar-refractivity contribution in [1.82, 2.24) is 15.2 Å². The van der Waals surface area contributed by atoms with Crippen molar-refractivity contribution in [3.8, 4) is 0 Å². The van der Waals surface area contributed by atoms with Gasteiger partial charge >= 0.3 is 0 Å². The third kappa shape index (κ3) is 2.81. The zero-order valence-corrected chi connectivity index (χ0v) is 11.9. The fourth-order valence-electron chi connectivity index (χ4n) is 2.97. The zero-order valence-electron chi connectivity index (χ0n) is 10.2. The van der Waals surface area contributed by atoms with Gasteiger partial charge in [0.15, 0.2) is 0 Å². The van der Waals surface area contributed by atoms with Crippen LogP contribution in [0, 0.1) is 12.3 Å². The van der Waals surface area contributed by atoms with Crippen LogP contribution >= 0.6 is 23.7 Å². The summed E-state index contributed by atoms with van der Waals surface area (Å²) in [6.07, 6.45) is 2.73. The maximum atomic E-state index is 4.55. The molecular formula is C12H20ClN3S. The number of aryl methyl sites for hydroxylation is 1. The molecule has 3 heterocycles. The third-order valence-electron chi connectivity index (χ3n) is 3.87. The van der Waals surface area contributed by atoms with Crippen molar-refractivity contribution in [2.45, 2.75) is 26.3 Å². The second-order valence-corrected chi connectivity index (χ2v) is 6.21. The van der Waals surface area contributed by atoms with Gasteiger partial charge in [-0.1, -0.05) is 0 Å². The lowest BCUT2D eigenvalue weighted by Gasteiger charge is -2.22. The molecule has 0 aliphatic carbocycles. The first kappa shape index (κ1) is 13.3. The summed E-state index contributed by atoms with van der Waals surface area (Å²) in [6, 6.07) is 0. The number of aromatic nitrogens is 1. The summed E-state index contributed by atoms with van der Waals surface area (Å²) in [5, 5.41) is 6.93. The van der Waals surface area contributed by atoms with Crippen LogP contribution in [0.4, 0.5) is 0 Å². The quantitative estimate of drug-likeness (QED) is 0.894.